The lowest BCUT2D eigenvalue weighted by Crippen LogP contribution is -2.13. The van der Waals surface area contributed by atoms with Crippen LogP contribution in [0.2, 0.25) is 0 Å². The number of hydrogen-bond donors (Lipinski definition) is 2. The van der Waals surface area contributed by atoms with Crippen LogP contribution in [0.5, 0.6) is 5.75 Å². The van der Waals surface area contributed by atoms with E-state index in [2.05, 4.69) is 5.32 Å². The van der Waals surface area contributed by atoms with Crippen LogP contribution in [-0.2, 0) is 13.1 Å². The van der Waals surface area contributed by atoms with Crippen molar-refractivity contribution in [3.8, 4) is 5.75 Å². The van der Waals surface area contributed by atoms with Gasteiger partial charge in [0.1, 0.15) is 5.75 Å². The Kier molecular flexibility index (Phi) is 4.74. The topological polar surface area (TPSA) is 58.6 Å². The Morgan fingerprint density at radius 2 is 1.75 bits per heavy atom. The minimum absolute atomic E-state index is 0.311. The highest BCUT2D eigenvalue weighted by atomic mass is 16.5. The number of ether oxygens (including phenoxy) is 1. The third kappa shape index (κ3) is 3.83. The Labute approximate surface area is 118 Å². The maximum absolute atomic E-state index is 10.9. The summed E-state index contributed by atoms with van der Waals surface area (Å²) in [5.41, 5.74) is 2.39. The van der Waals surface area contributed by atoms with Crippen molar-refractivity contribution in [1.82, 2.24) is 5.32 Å². The number of aromatic carboxylic acids is 1. The molecule has 0 spiro atoms. The molecule has 0 bridgehead atoms. The van der Waals surface area contributed by atoms with Gasteiger partial charge in [-0.3, -0.25) is 0 Å². The summed E-state index contributed by atoms with van der Waals surface area (Å²) in [4.78, 5) is 10.9. The molecule has 0 fully saturated rings. The molecule has 0 aliphatic rings. The Morgan fingerprint density at radius 1 is 1.10 bits per heavy atom. The second kappa shape index (κ2) is 6.73. The van der Waals surface area contributed by atoms with E-state index in [1.165, 1.54) is 0 Å². The monoisotopic (exact) mass is 271 g/mol. The summed E-state index contributed by atoms with van der Waals surface area (Å²) < 4.78 is 5.17. The van der Waals surface area contributed by atoms with E-state index in [1.807, 2.05) is 30.3 Å². The fourth-order valence-corrected chi connectivity index (χ4v) is 1.95. The molecule has 4 nitrogen and oxygen atoms in total. The Hall–Kier alpha value is -2.33. The minimum atomic E-state index is -0.903. The summed E-state index contributed by atoms with van der Waals surface area (Å²) in [7, 11) is 1.64. The first-order valence-electron chi connectivity index (χ1n) is 6.35. The Balaban J connectivity index is 1.92. The van der Waals surface area contributed by atoms with Gasteiger partial charge in [-0.1, -0.05) is 24.3 Å². The van der Waals surface area contributed by atoms with Crippen LogP contribution in [0.25, 0.3) is 0 Å². The van der Waals surface area contributed by atoms with E-state index in [0.717, 1.165) is 16.9 Å². The molecule has 0 saturated carbocycles. The van der Waals surface area contributed by atoms with Crippen molar-refractivity contribution < 1.29 is 14.6 Å². The first-order valence-corrected chi connectivity index (χ1v) is 6.35. The molecular formula is C16H17NO3. The molecule has 0 aliphatic heterocycles. The standard InChI is InChI=1S/C16H17NO3/c1-20-15-7-3-5-13(9-15)11-17-10-12-4-2-6-14(8-12)16(18)19/h2-9,17H,10-11H2,1H3,(H,18,19). The molecule has 0 heterocycles. The van der Waals surface area contributed by atoms with Gasteiger partial charge >= 0.3 is 5.97 Å². The first-order chi connectivity index (χ1) is 9.69. The molecule has 0 amide bonds. The van der Waals surface area contributed by atoms with Gasteiger partial charge in [0.05, 0.1) is 12.7 Å². The molecule has 0 aromatic heterocycles. The normalized spacial score (nSPS) is 10.2. The average molecular weight is 271 g/mol. The molecule has 20 heavy (non-hydrogen) atoms. The second-order valence-corrected chi connectivity index (χ2v) is 4.46. The summed E-state index contributed by atoms with van der Waals surface area (Å²) in [6.45, 7) is 1.33. The van der Waals surface area contributed by atoms with Crippen molar-refractivity contribution in [3.63, 3.8) is 0 Å². The van der Waals surface area contributed by atoms with Crippen LogP contribution in [0.15, 0.2) is 48.5 Å². The van der Waals surface area contributed by atoms with Crippen LogP contribution in [0.3, 0.4) is 0 Å². The van der Waals surface area contributed by atoms with Crippen LogP contribution in [0, 0.1) is 0 Å². The lowest BCUT2D eigenvalue weighted by molar-refractivity contribution is 0.0696. The van der Waals surface area contributed by atoms with Crippen molar-refractivity contribution in [1.29, 1.82) is 0 Å². The van der Waals surface area contributed by atoms with Gasteiger partial charge in [0.25, 0.3) is 0 Å². The molecule has 0 aliphatic carbocycles. The minimum Gasteiger partial charge on any atom is -0.497 e. The number of carbonyl (C=O) groups is 1. The van der Waals surface area contributed by atoms with E-state index in [4.69, 9.17) is 9.84 Å². The zero-order valence-corrected chi connectivity index (χ0v) is 11.3. The van der Waals surface area contributed by atoms with Gasteiger partial charge in [0, 0.05) is 13.1 Å². The van der Waals surface area contributed by atoms with E-state index in [-0.39, 0.29) is 0 Å². The van der Waals surface area contributed by atoms with Crippen molar-refractivity contribution >= 4 is 5.97 Å². The predicted octanol–water partition coefficient (Wildman–Crippen LogP) is 2.68. The number of nitrogens with one attached hydrogen (secondary N) is 1. The van der Waals surface area contributed by atoms with Crippen LogP contribution >= 0.6 is 0 Å². The van der Waals surface area contributed by atoms with E-state index in [0.29, 0.717) is 18.7 Å². The van der Waals surface area contributed by atoms with E-state index < -0.39 is 5.97 Å². The number of methoxy groups -OCH3 is 1. The summed E-state index contributed by atoms with van der Waals surface area (Å²) in [6, 6.07) is 14.8. The number of rotatable bonds is 6. The van der Waals surface area contributed by atoms with Crippen LogP contribution < -0.4 is 10.1 Å². The predicted molar refractivity (Wildman–Crippen MR) is 76.9 cm³/mol. The Morgan fingerprint density at radius 3 is 2.40 bits per heavy atom. The van der Waals surface area contributed by atoms with Gasteiger partial charge in [-0.15, -0.1) is 0 Å². The summed E-state index contributed by atoms with van der Waals surface area (Å²) in [5, 5.41) is 12.2. The Bertz CT molecular complexity index is 596. The molecule has 0 saturated heterocycles. The second-order valence-electron chi connectivity index (χ2n) is 4.46. The molecule has 2 aromatic rings. The average Bonchev–Trinajstić information content (AvgIpc) is 2.48. The van der Waals surface area contributed by atoms with Crippen LogP contribution in [-0.4, -0.2) is 18.2 Å². The SMILES string of the molecule is COc1cccc(CNCc2cccc(C(=O)O)c2)c1. The van der Waals surface area contributed by atoms with Gasteiger partial charge in [-0.25, -0.2) is 4.79 Å². The van der Waals surface area contributed by atoms with Gasteiger partial charge in [-0.2, -0.15) is 0 Å². The van der Waals surface area contributed by atoms with E-state index in [9.17, 15) is 4.79 Å². The molecule has 2 N–H and O–H groups in total. The van der Waals surface area contributed by atoms with Crippen molar-refractivity contribution in [2.24, 2.45) is 0 Å². The molecule has 2 aromatic carbocycles. The molecule has 0 radical (unpaired) electrons. The summed E-state index contributed by atoms with van der Waals surface area (Å²) in [6.07, 6.45) is 0. The van der Waals surface area contributed by atoms with Gasteiger partial charge in [0.2, 0.25) is 0 Å². The molecule has 2 rings (SSSR count). The maximum atomic E-state index is 10.9. The molecule has 0 unspecified atom stereocenters. The summed E-state index contributed by atoms with van der Waals surface area (Å²) in [5.74, 6) is -0.0724. The smallest absolute Gasteiger partial charge is 0.335 e. The van der Waals surface area contributed by atoms with Gasteiger partial charge in [-0.05, 0) is 35.4 Å². The quantitative estimate of drug-likeness (QED) is 0.848. The third-order valence-corrected chi connectivity index (χ3v) is 2.97. The third-order valence-electron chi connectivity index (χ3n) is 2.97. The lowest BCUT2D eigenvalue weighted by atomic mass is 10.1. The zero-order chi connectivity index (χ0) is 14.4. The van der Waals surface area contributed by atoms with Gasteiger partial charge in [0.15, 0.2) is 0 Å². The maximum Gasteiger partial charge on any atom is 0.335 e. The van der Waals surface area contributed by atoms with E-state index >= 15 is 0 Å². The fraction of sp³-hybridized carbons (Fsp3) is 0.188. The van der Waals surface area contributed by atoms with E-state index in [1.54, 1.807) is 25.3 Å². The highest BCUT2D eigenvalue weighted by Gasteiger charge is 2.03. The number of hydrogen-bond acceptors (Lipinski definition) is 3. The highest BCUT2D eigenvalue weighted by molar-refractivity contribution is 5.87. The van der Waals surface area contributed by atoms with Gasteiger partial charge < -0.3 is 15.2 Å². The number of benzene rings is 2. The van der Waals surface area contributed by atoms with Crippen LogP contribution in [0.4, 0.5) is 0 Å². The van der Waals surface area contributed by atoms with Crippen LogP contribution in [0.1, 0.15) is 21.5 Å². The van der Waals surface area contributed by atoms with Crippen molar-refractivity contribution in [2.45, 2.75) is 13.1 Å². The van der Waals surface area contributed by atoms with Crippen molar-refractivity contribution in [3.05, 3.63) is 65.2 Å². The highest BCUT2D eigenvalue weighted by Crippen LogP contribution is 2.12. The molecule has 0 atom stereocenters. The lowest BCUT2D eigenvalue weighted by Gasteiger charge is -2.07. The number of carboxylic acid groups (broad SMARTS) is 1. The molecular weight excluding hydrogens is 254 g/mol. The largest absolute Gasteiger partial charge is 0.497 e. The first kappa shape index (κ1) is 14.1. The molecule has 104 valence electrons. The van der Waals surface area contributed by atoms with Crippen molar-refractivity contribution in [2.75, 3.05) is 7.11 Å². The zero-order valence-electron chi connectivity index (χ0n) is 11.3. The summed E-state index contributed by atoms with van der Waals surface area (Å²) >= 11 is 0. The fourth-order valence-electron chi connectivity index (χ4n) is 1.95. The number of carboxylic acids is 1. The molecule has 4 heteroatoms.